The van der Waals surface area contributed by atoms with E-state index in [0.29, 0.717) is 24.7 Å². The molecule has 0 saturated carbocycles. The zero-order valence-electron chi connectivity index (χ0n) is 20.8. The van der Waals surface area contributed by atoms with Gasteiger partial charge in [0, 0.05) is 12.6 Å². The Hall–Kier alpha value is -3.64. The lowest BCUT2D eigenvalue weighted by Crippen LogP contribution is -2.27. The molecule has 4 aromatic rings. The molecule has 0 aliphatic carbocycles. The Bertz CT molecular complexity index is 1210. The standard InChI is InChI=1S/C29H33N3O3/c1-21(23-9-6-5-7-10-23)32(18-22-12-14-24(15-13-22)29(2,3)4)19-27-31-26(20-35-27)28(33)30-17-25-11-8-16-34-25/h5-16,20-21H,17-19H2,1-4H3,(H,30,33)/t21-/m1/s1. The number of carbonyl (C=O) groups is 1. The molecular formula is C29H33N3O3. The number of nitrogens with one attached hydrogen (secondary N) is 1. The van der Waals surface area contributed by atoms with Gasteiger partial charge in [0.15, 0.2) is 5.69 Å². The first-order valence-electron chi connectivity index (χ1n) is 11.9. The van der Waals surface area contributed by atoms with Crippen LogP contribution in [-0.4, -0.2) is 15.8 Å². The fraction of sp³-hybridized carbons (Fsp3) is 0.310. The van der Waals surface area contributed by atoms with E-state index >= 15 is 0 Å². The SMILES string of the molecule is C[C@H](c1ccccc1)N(Cc1ccc(C(C)(C)C)cc1)Cc1nc(C(=O)NCc2ccco2)co1. The van der Waals surface area contributed by atoms with E-state index in [0.717, 1.165) is 6.54 Å². The third kappa shape index (κ3) is 6.49. The van der Waals surface area contributed by atoms with Crippen LogP contribution in [0.2, 0.25) is 0 Å². The van der Waals surface area contributed by atoms with Crippen LogP contribution in [0.15, 0.2) is 88.1 Å². The van der Waals surface area contributed by atoms with E-state index < -0.39 is 0 Å². The molecule has 6 heteroatoms. The number of hydrogen-bond donors (Lipinski definition) is 1. The van der Waals surface area contributed by atoms with Gasteiger partial charge in [0.2, 0.25) is 5.89 Å². The van der Waals surface area contributed by atoms with Crippen molar-refractivity contribution in [3.63, 3.8) is 0 Å². The summed E-state index contributed by atoms with van der Waals surface area (Å²) in [7, 11) is 0. The summed E-state index contributed by atoms with van der Waals surface area (Å²) in [6, 6.07) is 22.9. The van der Waals surface area contributed by atoms with Gasteiger partial charge in [-0.1, -0.05) is 75.4 Å². The van der Waals surface area contributed by atoms with Gasteiger partial charge in [-0.25, -0.2) is 4.98 Å². The molecule has 0 aliphatic rings. The molecule has 0 saturated heterocycles. The fourth-order valence-corrected chi connectivity index (χ4v) is 3.95. The first-order valence-corrected chi connectivity index (χ1v) is 11.9. The maximum absolute atomic E-state index is 12.5. The summed E-state index contributed by atoms with van der Waals surface area (Å²) < 4.78 is 11.0. The molecule has 1 atom stereocenters. The maximum atomic E-state index is 12.5. The highest BCUT2D eigenvalue weighted by molar-refractivity contribution is 5.91. The maximum Gasteiger partial charge on any atom is 0.273 e. The van der Waals surface area contributed by atoms with Crippen molar-refractivity contribution in [3.8, 4) is 0 Å². The highest BCUT2D eigenvalue weighted by Crippen LogP contribution is 2.26. The van der Waals surface area contributed by atoms with Crippen LogP contribution in [0.1, 0.15) is 72.6 Å². The minimum atomic E-state index is -0.295. The largest absolute Gasteiger partial charge is 0.467 e. The normalized spacial score (nSPS) is 12.6. The first kappa shape index (κ1) is 24.5. The van der Waals surface area contributed by atoms with E-state index in [2.05, 4.69) is 91.4 Å². The molecule has 4 rings (SSSR count). The van der Waals surface area contributed by atoms with Crippen LogP contribution in [-0.2, 0) is 25.0 Å². The van der Waals surface area contributed by atoms with Crippen molar-refractivity contribution in [2.45, 2.75) is 58.8 Å². The summed E-state index contributed by atoms with van der Waals surface area (Å²) >= 11 is 0. The van der Waals surface area contributed by atoms with E-state index in [9.17, 15) is 4.79 Å². The molecule has 35 heavy (non-hydrogen) atoms. The lowest BCUT2D eigenvalue weighted by atomic mass is 9.86. The molecule has 0 aliphatic heterocycles. The lowest BCUT2D eigenvalue weighted by molar-refractivity contribution is 0.0943. The average molecular weight is 472 g/mol. The average Bonchev–Trinajstić information content (AvgIpc) is 3.54. The summed E-state index contributed by atoms with van der Waals surface area (Å²) in [4.78, 5) is 19.3. The number of aromatic nitrogens is 1. The molecule has 1 amide bonds. The van der Waals surface area contributed by atoms with Crippen molar-refractivity contribution in [1.29, 1.82) is 0 Å². The number of amides is 1. The number of hydrogen-bond acceptors (Lipinski definition) is 5. The monoisotopic (exact) mass is 471 g/mol. The minimum absolute atomic E-state index is 0.113. The van der Waals surface area contributed by atoms with Gasteiger partial charge < -0.3 is 14.2 Å². The van der Waals surface area contributed by atoms with Gasteiger partial charge in [0.25, 0.3) is 5.91 Å². The smallest absolute Gasteiger partial charge is 0.273 e. The van der Waals surface area contributed by atoms with Crippen LogP contribution in [0, 0.1) is 0 Å². The van der Waals surface area contributed by atoms with Gasteiger partial charge in [-0.15, -0.1) is 0 Å². The Kier molecular flexibility index (Phi) is 7.51. The molecular weight excluding hydrogens is 438 g/mol. The Morgan fingerprint density at radius 1 is 0.971 bits per heavy atom. The highest BCUT2D eigenvalue weighted by atomic mass is 16.3. The molecule has 182 valence electrons. The van der Waals surface area contributed by atoms with E-state index in [4.69, 9.17) is 8.83 Å². The summed E-state index contributed by atoms with van der Waals surface area (Å²) in [6.07, 6.45) is 2.99. The van der Waals surface area contributed by atoms with E-state index in [1.54, 1.807) is 12.3 Å². The first-order chi connectivity index (χ1) is 16.8. The zero-order valence-corrected chi connectivity index (χ0v) is 20.8. The molecule has 0 fully saturated rings. The van der Waals surface area contributed by atoms with Crippen LogP contribution in [0.5, 0.6) is 0 Å². The Morgan fingerprint density at radius 2 is 1.71 bits per heavy atom. The van der Waals surface area contributed by atoms with Crippen LogP contribution >= 0.6 is 0 Å². The van der Waals surface area contributed by atoms with Crippen molar-refractivity contribution < 1.29 is 13.6 Å². The van der Waals surface area contributed by atoms with Gasteiger partial charge in [0.05, 0.1) is 19.4 Å². The molecule has 2 aromatic carbocycles. The van der Waals surface area contributed by atoms with E-state index in [1.807, 2.05) is 12.1 Å². The fourth-order valence-electron chi connectivity index (χ4n) is 3.95. The third-order valence-electron chi connectivity index (χ3n) is 6.16. The molecule has 0 spiro atoms. The second kappa shape index (κ2) is 10.7. The summed E-state index contributed by atoms with van der Waals surface area (Å²) in [5.74, 6) is 0.890. The summed E-state index contributed by atoms with van der Waals surface area (Å²) in [5, 5.41) is 2.81. The van der Waals surface area contributed by atoms with Gasteiger partial charge in [-0.2, -0.15) is 0 Å². The molecule has 0 bridgehead atoms. The second-order valence-corrected chi connectivity index (χ2v) is 9.83. The van der Waals surface area contributed by atoms with E-state index in [-0.39, 0.29) is 23.1 Å². The predicted molar refractivity (Wildman–Crippen MR) is 136 cm³/mol. The number of carbonyl (C=O) groups excluding carboxylic acids is 1. The molecule has 0 unspecified atom stereocenters. The van der Waals surface area contributed by atoms with Gasteiger partial charge in [-0.05, 0) is 41.2 Å². The topological polar surface area (TPSA) is 71.5 Å². The number of nitrogens with zero attached hydrogens (tertiary/aromatic N) is 2. The number of benzene rings is 2. The minimum Gasteiger partial charge on any atom is -0.467 e. The van der Waals surface area contributed by atoms with Crippen LogP contribution in [0.3, 0.4) is 0 Å². The van der Waals surface area contributed by atoms with Crippen LogP contribution < -0.4 is 5.32 Å². The number of rotatable bonds is 9. The summed E-state index contributed by atoms with van der Waals surface area (Å²) in [6.45, 7) is 10.3. The van der Waals surface area contributed by atoms with Crippen LogP contribution in [0.4, 0.5) is 0 Å². The molecule has 2 heterocycles. The number of furan rings is 1. The second-order valence-electron chi connectivity index (χ2n) is 9.83. The van der Waals surface area contributed by atoms with Crippen molar-refractivity contribution in [1.82, 2.24) is 15.2 Å². The lowest BCUT2D eigenvalue weighted by Gasteiger charge is -2.29. The van der Waals surface area contributed by atoms with Gasteiger partial charge >= 0.3 is 0 Å². The quantitative estimate of drug-likeness (QED) is 0.312. The van der Waals surface area contributed by atoms with E-state index in [1.165, 1.54) is 23.0 Å². The van der Waals surface area contributed by atoms with Gasteiger partial charge in [0.1, 0.15) is 12.0 Å². The van der Waals surface area contributed by atoms with Crippen molar-refractivity contribution >= 4 is 5.91 Å². The number of oxazole rings is 1. The Morgan fingerprint density at radius 3 is 2.37 bits per heavy atom. The van der Waals surface area contributed by atoms with Crippen LogP contribution in [0.25, 0.3) is 0 Å². The van der Waals surface area contributed by atoms with Crippen molar-refractivity contribution in [2.24, 2.45) is 0 Å². The Labute approximate surface area is 207 Å². The summed E-state index contributed by atoms with van der Waals surface area (Å²) in [5.41, 5.74) is 4.10. The van der Waals surface area contributed by atoms with Crippen molar-refractivity contribution in [2.75, 3.05) is 0 Å². The molecule has 2 aromatic heterocycles. The Balaban J connectivity index is 1.49. The third-order valence-corrected chi connectivity index (χ3v) is 6.16. The van der Waals surface area contributed by atoms with Gasteiger partial charge in [-0.3, -0.25) is 9.69 Å². The van der Waals surface area contributed by atoms with Crippen molar-refractivity contribution in [3.05, 3.63) is 113 Å². The molecule has 1 N–H and O–H groups in total. The highest BCUT2D eigenvalue weighted by Gasteiger charge is 2.21. The predicted octanol–water partition coefficient (Wildman–Crippen LogP) is 6.26. The molecule has 6 nitrogen and oxygen atoms in total. The zero-order chi connectivity index (χ0) is 24.8. The molecule has 0 radical (unpaired) electrons.